The van der Waals surface area contributed by atoms with Gasteiger partial charge in [0.1, 0.15) is 0 Å². The summed E-state index contributed by atoms with van der Waals surface area (Å²) in [6.07, 6.45) is 27.9. The number of hydrogen-bond acceptors (Lipinski definition) is 0. The van der Waals surface area contributed by atoms with Gasteiger partial charge in [-0.05, 0) is 68.6 Å². The van der Waals surface area contributed by atoms with Crippen LogP contribution in [0.4, 0.5) is 0 Å². The molecule has 36 heavy (non-hydrogen) atoms. The van der Waals surface area contributed by atoms with Gasteiger partial charge in [0, 0.05) is 0 Å². The maximum atomic E-state index is 4.65. The van der Waals surface area contributed by atoms with E-state index in [0.717, 1.165) is 24.2 Å². The van der Waals surface area contributed by atoms with Gasteiger partial charge in [0.25, 0.3) is 0 Å². The van der Waals surface area contributed by atoms with E-state index in [-0.39, 0.29) is 0 Å². The molecule has 212 valence electrons. The molecule has 0 rings (SSSR count). The molecule has 0 bridgehead atoms. The standard InChI is InChI=1S/C36H68/c1-10-13-15-17-18-19-20-21-22-25-34(28-32(8)35(24-12-3)27-30(4)5)29-33(9)36(31(6)7)26-23-16-14-11-2/h12,30,33-36H,3,6,8,10-11,13-29H2,1-2,4-5,7,9H3. The molecular formula is C36H68. The molecule has 0 saturated heterocycles. The molecular weight excluding hydrogens is 432 g/mol. The van der Waals surface area contributed by atoms with Gasteiger partial charge >= 0.3 is 0 Å². The summed E-state index contributed by atoms with van der Waals surface area (Å²) in [6, 6.07) is 0. The Morgan fingerprint density at radius 3 is 1.69 bits per heavy atom. The van der Waals surface area contributed by atoms with E-state index >= 15 is 0 Å². The lowest BCUT2D eigenvalue weighted by Crippen LogP contribution is -2.19. The number of rotatable bonds is 26. The summed E-state index contributed by atoms with van der Waals surface area (Å²) in [4.78, 5) is 0. The van der Waals surface area contributed by atoms with E-state index < -0.39 is 0 Å². The molecule has 0 heterocycles. The van der Waals surface area contributed by atoms with Gasteiger partial charge in [0.2, 0.25) is 0 Å². The van der Waals surface area contributed by atoms with E-state index in [1.165, 1.54) is 127 Å². The second-order valence-corrected chi connectivity index (χ2v) is 12.7. The molecule has 0 aliphatic rings. The molecule has 0 heteroatoms. The molecule has 0 spiro atoms. The SMILES string of the molecule is C=CCC(CC(C)C)C(=C)CC(CCCCCCCCCCC)CC(C)C(CCCCCC)C(=C)C. The molecule has 0 aromatic carbocycles. The quantitative estimate of drug-likeness (QED) is 0.0818. The largest absolute Gasteiger partial charge is 0.103 e. The molecule has 0 aromatic rings. The van der Waals surface area contributed by atoms with Crippen molar-refractivity contribution in [3.63, 3.8) is 0 Å². The van der Waals surface area contributed by atoms with E-state index in [4.69, 9.17) is 0 Å². The minimum Gasteiger partial charge on any atom is -0.103 e. The van der Waals surface area contributed by atoms with Crippen LogP contribution in [0.1, 0.15) is 164 Å². The average molecular weight is 501 g/mol. The number of allylic oxidation sites excluding steroid dienone is 3. The first-order valence-electron chi connectivity index (χ1n) is 16.2. The van der Waals surface area contributed by atoms with Gasteiger partial charge in [0.05, 0.1) is 0 Å². The van der Waals surface area contributed by atoms with Crippen LogP contribution in [-0.2, 0) is 0 Å². The molecule has 0 aliphatic heterocycles. The lowest BCUT2D eigenvalue weighted by atomic mass is 9.75. The minimum atomic E-state index is 0.606. The van der Waals surface area contributed by atoms with Gasteiger partial charge in [-0.2, -0.15) is 0 Å². The Bertz CT molecular complexity index is 538. The molecule has 4 atom stereocenters. The van der Waals surface area contributed by atoms with E-state index in [1.807, 2.05) is 0 Å². The van der Waals surface area contributed by atoms with E-state index in [9.17, 15) is 0 Å². The fraction of sp³-hybridized carbons (Fsp3) is 0.833. The zero-order valence-corrected chi connectivity index (χ0v) is 26.0. The summed E-state index contributed by atoms with van der Waals surface area (Å²) in [5.41, 5.74) is 2.90. The van der Waals surface area contributed by atoms with Crippen molar-refractivity contribution in [3.05, 3.63) is 37.0 Å². The van der Waals surface area contributed by atoms with Crippen LogP contribution in [0.15, 0.2) is 37.0 Å². The topological polar surface area (TPSA) is 0 Å². The molecule has 0 nitrogen and oxygen atoms in total. The Morgan fingerprint density at radius 2 is 1.19 bits per heavy atom. The third-order valence-electron chi connectivity index (χ3n) is 8.44. The van der Waals surface area contributed by atoms with Gasteiger partial charge in [-0.25, -0.2) is 0 Å². The highest BCUT2D eigenvalue weighted by Gasteiger charge is 2.24. The Kier molecular flexibility index (Phi) is 22.8. The molecule has 0 fully saturated rings. The summed E-state index contributed by atoms with van der Waals surface area (Å²) >= 11 is 0. The van der Waals surface area contributed by atoms with Crippen molar-refractivity contribution in [3.8, 4) is 0 Å². The summed E-state index contributed by atoms with van der Waals surface area (Å²) in [7, 11) is 0. The van der Waals surface area contributed by atoms with Crippen LogP contribution in [0.5, 0.6) is 0 Å². The van der Waals surface area contributed by atoms with Crippen LogP contribution in [0.3, 0.4) is 0 Å². The Labute approximate surface area is 229 Å². The third-order valence-corrected chi connectivity index (χ3v) is 8.44. The maximum absolute atomic E-state index is 4.65. The summed E-state index contributed by atoms with van der Waals surface area (Å²) in [5, 5.41) is 0. The molecule has 0 amide bonds. The van der Waals surface area contributed by atoms with Gasteiger partial charge in [0.15, 0.2) is 0 Å². The van der Waals surface area contributed by atoms with Gasteiger partial charge in [-0.1, -0.05) is 155 Å². The number of hydrogen-bond donors (Lipinski definition) is 0. The van der Waals surface area contributed by atoms with Crippen molar-refractivity contribution in [2.24, 2.45) is 29.6 Å². The predicted molar refractivity (Wildman–Crippen MR) is 168 cm³/mol. The van der Waals surface area contributed by atoms with Gasteiger partial charge in [-0.3, -0.25) is 0 Å². The molecule has 4 unspecified atom stereocenters. The van der Waals surface area contributed by atoms with E-state index in [1.54, 1.807) is 0 Å². The predicted octanol–water partition coefficient (Wildman–Crippen LogP) is 12.9. The Balaban J connectivity index is 4.99. The lowest BCUT2D eigenvalue weighted by molar-refractivity contribution is 0.276. The summed E-state index contributed by atoms with van der Waals surface area (Å²) in [5.74, 6) is 3.50. The second-order valence-electron chi connectivity index (χ2n) is 12.7. The molecule has 0 radical (unpaired) electrons. The first kappa shape index (κ1) is 35.2. The van der Waals surface area contributed by atoms with Crippen molar-refractivity contribution in [1.82, 2.24) is 0 Å². The molecule has 0 aromatic heterocycles. The second kappa shape index (κ2) is 23.3. The highest BCUT2D eigenvalue weighted by atomic mass is 14.3. The van der Waals surface area contributed by atoms with Crippen LogP contribution in [-0.4, -0.2) is 0 Å². The highest BCUT2D eigenvalue weighted by Crippen LogP contribution is 2.36. The fourth-order valence-electron chi connectivity index (χ4n) is 6.28. The van der Waals surface area contributed by atoms with Crippen LogP contribution in [0, 0.1) is 29.6 Å². The van der Waals surface area contributed by atoms with Crippen LogP contribution in [0.25, 0.3) is 0 Å². The normalized spacial score (nSPS) is 15.0. The van der Waals surface area contributed by atoms with Crippen LogP contribution < -0.4 is 0 Å². The minimum absolute atomic E-state index is 0.606. The smallest absolute Gasteiger partial charge is 0.0169 e. The molecule has 0 saturated carbocycles. The molecule has 0 aliphatic carbocycles. The zero-order valence-electron chi connectivity index (χ0n) is 26.0. The first-order valence-corrected chi connectivity index (χ1v) is 16.2. The van der Waals surface area contributed by atoms with Gasteiger partial charge < -0.3 is 0 Å². The van der Waals surface area contributed by atoms with Crippen LogP contribution in [0.2, 0.25) is 0 Å². The monoisotopic (exact) mass is 501 g/mol. The van der Waals surface area contributed by atoms with Crippen molar-refractivity contribution >= 4 is 0 Å². The Morgan fingerprint density at radius 1 is 0.694 bits per heavy atom. The third kappa shape index (κ3) is 18.5. The van der Waals surface area contributed by atoms with Gasteiger partial charge in [-0.15, -0.1) is 6.58 Å². The van der Waals surface area contributed by atoms with Crippen molar-refractivity contribution in [2.45, 2.75) is 164 Å². The maximum Gasteiger partial charge on any atom is -0.0169 e. The summed E-state index contributed by atoms with van der Waals surface area (Å²) < 4.78 is 0. The zero-order chi connectivity index (χ0) is 27.2. The lowest BCUT2D eigenvalue weighted by Gasteiger charge is -2.30. The van der Waals surface area contributed by atoms with Crippen molar-refractivity contribution in [2.75, 3.05) is 0 Å². The van der Waals surface area contributed by atoms with Crippen molar-refractivity contribution < 1.29 is 0 Å². The molecule has 0 N–H and O–H groups in total. The first-order chi connectivity index (χ1) is 17.3. The Hall–Kier alpha value is -0.780. The fourth-order valence-corrected chi connectivity index (χ4v) is 6.28. The number of unbranched alkanes of at least 4 members (excludes halogenated alkanes) is 11. The van der Waals surface area contributed by atoms with E-state index in [0.29, 0.717) is 11.8 Å². The average Bonchev–Trinajstić information content (AvgIpc) is 2.81. The van der Waals surface area contributed by atoms with Crippen molar-refractivity contribution in [1.29, 1.82) is 0 Å². The highest BCUT2D eigenvalue weighted by molar-refractivity contribution is 5.05. The summed E-state index contributed by atoms with van der Waals surface area (Å²) in [6.45, 7) is 27.2. The van der Waals surface area contributed by atoms with E-state index in [2.05, 4.69) is 67.4 Å². The van der Waals surface area contributed by atoms with Crippen LogP contribution >= 0.6 is 0 Å².